The molecule has 3 atom stereocenters. The number of ether oxygens (including phenoxy) is 2. The summed E-state index contributed by atoms with van der Waals surface area (Å²) in [5.41, 5.74) is -1.30. The van der Waals surface area contributed by atoms with Crippen molar-refractivity contribution in [2.75, 3.05) is 5.75 Å². The topological polar surface area (TPSA) is 134 Å². The van der Waals surface area contributed by atoms with Crippen LogP contribution in [0.15, 0.2) is 41.8 Å². The first kappa shape index (κ1) is 26.4. The third-order valence-electron chi connectivity index (χ3n) is 4.89. The standard InChI is InChI=1S/C24H31N3O7S/c1-23(2,3)33-21(31)17-14(28)12-35-20-16(19(30)27(17)20)25-18(29)15(13-10-8-7-9-11-13)26-22(32)34-24(4,5)6/h7-11,15-16,20,28H,12H2,1-6H3,(H,25,29)(H,26,32)/t15?,16-,20-/m0/s1. The third-order valence-corrected chi connectivity index (χ3v) is 6.16. The number of rotatable bonds is 5. The summed E-state index contributed by atoms with van der Waals surface area (Å²) >= 11 is 1.21. The van der Waals surface area contributed by atoms with Gasteiger partial charge in [0.1, 0.15) is 34.4 Å². The summed E-state index contributed by atoms with van der Waals surface area (Å²) in [7, 11) is 0. The van der Waals surface area contributed by atoms with Gasteiger partial charge in [-0.25, -0.2) is 9.59 Å². The van der Waals surface area contributed by atoms with Gasteiger partial charge in [0.25, 0.3) is 5.91 Å². The molecule has 0 spiro atoms. The van der Waals surface area contributed by atoms with Crippen LogP contribution < -0.4 is 10.6 Å². The zero-order chi connectivity index (χ0) is 26.1. The van der Waals surface area contributed by atoms with Gasteiger partial charge >= 0.3 is 12.1 Å². The highest BCUT2D eigenvalue weighted by atomic mass is 32.2. The van der Waals surface area contributed by atoms with Gasteiger partial charge in [-0.3, -0.25) is 14.5 Å². The summed E-state index contributed by atoms with van der Waals surface area (Å²) < 4.78 is 10.6. The first-order valence-corrected chi connectivity index (χ1v) is 12.2. The Bertz CT molecular complexity index is 1040. The van der Waals surface area contributed by atoms with E-state index in [-0.39, 0.29) is 17.2 Å². The predicted molar refractivity (Wildman–Crippen MR) is 129 cm³/mol. The van der Waals surface area contributed by atoms with Crippen molar-refractivity contribution in [1.82, 2.24) is 15.5 Å². The van der Waals surface area contributed by atoms with Crippen LogP contribution >= 0.6 is 11.8 Å². The fraction of sp³-hybridized carbons (Fsp3) is 0.500. The molecule has 190 valence electrons. The van der Waals surface area contributed by atoms with E-state index < -0.39 is 52.5 Å². The van der Waals surface area contributed by atoms with Crippen LogP contribution in [-0.4, -0.2) is 62.3 Å². The van der Waals surface area contributed by atoms with E-state index in [1.807, 2.05) is 0 Å². The Morgan fingerprint density at radius 1 is 1.06 bits per heavy atom. The molecule has 2 heterocycles. The fourth-order valence-corrected chi connectivity index (χ4v) is 4.73. The summed E-state index contributed by atoms with van der Waals surface area (Å²) in [6, 6.07) is 6.50. The number of hydrogen-bond acceptors (Lipinski definition) is 8. The van der Waals surface area contributed by atoms with E-state index in [9.17, 15) is 24.3 Å². The minimum atomic E-state index is -1.12. The molecule has 0 radical (unpaired) electrons. The summed E-state index contributed by atoms with van der Waals surface area (Å²) in [6.07, 6.45) is -0.782. The van der Waals surface area contributed by atoms with Crippen LogP contribution in [0.4, 0.5) is 4.79 Å². The lowest BCUT2D eigenvalue weighted by molar-refractivity contribution is -0.159. The number of nitrogens with zero attached hydrogens (tertiary/aromatic N) is 1. The Morgan fingerprint density at radius 2 is 1.66 bits per heavy atom. The first-order chi connectivity index (χ1) is 16.2. The second-order valence-corrected chi connectivity index (χ2v) is 11.3. The lowest BCUT2D eigenvalue weighted by Crippen LogP contribution is -2.71. The van der Waals surface area contributed by atoms with Crippen LogP contribution in [0.5, 0.6) is 0 Å². The monoisotopic (exact) mass is 505 g/mol. The highest BCUT2D eigenvalue weighted by molar-refractivity contribution is 8.00. The Hall–Kier alpha value is -3.21. The van der Waals surface area contributed by atoms with Crippen molar-refractivity contribution in [3.05, 3.63) is 47.4 Å². The molecular formula is C24H31N3O7S. The molecule has 3 rings (SSSR count). The van der Waals surface area contributed by atoms with Gasteiger partial charge in [-0.1, -0.05) is 30.3 Å². The maximum absolute atomic E-state index is 13.2. The van der Waals surface area contributed by atoms with Crippen LogP contribution in [-0.2, 0) is 23.9 Å². The van der Waals surface area contributed by atoms with E-state index in [0.29, 0.717) is 5.56 Å². The molecule has 11 heteroatoms. The van der Waals surface area contributed by atoms with Crippen molar-refractivity contribution in [2.24, 2.45) is 0 Å². The quantitative estimate of drug-likeness (QED) is 0.411. The van der Waals surface area contributed by atoms with E-state index in [0.717, 1.165) is 4.90 Å². The molecular weight excluding hydrogens is 474 g/mol. The maximum atomic E-state index is 13.2. The zero-order valence-electron chi connectivity index (χ0n) is 20.6. The molecule has 0 saturated carbocycles. The van der Waals surface area contributed by atoms with E-state index in [4.69, 9.17) is 9.47 Å². The molecule has 10 nitrogen and oxygen atoms in total. The molecule has 1 unspecified atom stereocenters. The van der Waals surface area contributed by atoms with Crippen molar-refractivity contribution in [3.63, 3.8) is 0 Å². The van der Waals surface area contributed by atoms with Gasteiger partial charge in [-0.2, -0.15) is 0 Å². The molecule has 2 aliphatic heterocycles. The van der Waals surface area contributed by atoms with Crippen molar-refractivity contribution in [3.8, 4) is 0 Å². The molecule has 1 aromatic rings. The van der Waals surface area contributed by atoms with E-state index in [1.54, 1.807) is 71.9 Å². The number of hydrogen-bond donors (Lipinski definition) is 3. The number of amides is 3. The van der Waals surface area contributed by atoms with Gasteiger partial charge in [-0.05, 0) is 47.1 Å². The fourth-order valence-electron chi connectivity index (χ4n) is 3.53. The molecule has 1 fully saturated rings. The number of carbonyl (C=O) groups excluding carboxylic acids is 4. The number of alkyl carbamates (subject to hydrolysis) is 1. The van der Waals surface area contributed by atoms with Crippen LogP contribution in [0.1, 0.15) is 53.1 Å². The molecule has 1 saturated heterocycles. The normalized spacial score (nSPS) is 20.9. The average Bonchev–Trinajstić information content (AvgIpc) is 2.73. The van der Waals surface area contributed by atoms with E-state index >= 15 is 0 Å². The Balaban J connectivity index is 1.76. The molecule has 3 N–H and O–H groups in total. The number of carbonyl (C=O) groups is 4. The average molecular weight is 506 g/mol. The summed E-state index contributed by atoms with van der Waals surface area (Å²) in [4.78, 5) is 52.3. The van der Waals surface area contributed by atoms with Crippen LogP contribution in [0.2, 0.25) is 0 Å². The molecule has 0 aliphatic carbocycles. The van der Waals surface area contributed by atoms with Gasteiger partial charge in [0.15, 0.2) is 5.70 Å². The summed E-state index contributed by atoms with van der Waals surface area (Å²) in [5, 5.41) is 14.9. The van der Waals surface area contributed by atoms with Crippen molar-refractivity contribution < 1.29 is 33.8 Å². The maximum Gasteiger partial charge on any atom is 0.408 e. The van der Waals surface area contributed by atoms with Crippen LogP contribution in [0, 0.1) is 0 Å². The highest BCUT2D eigenvalue weighted by Crippen LogP contribution is 2.40. The highest BCUT2D eigenvalue weighted by Gasteiger charge is 2.55. The number of aliphatic hydroxyl groups is 1. The lowest BCUT2D eigenvalue weighted by atomic mass is 10.0. The Morgan fingerprint density at radius 3 is 2.23 bits per heavy atom. The smallest absolute Gasteiger partial charge is 0.408 e. The number of fused-ring (bicyclic) bond motifs is 1. The largest absolute Gasteiger partial charge is 0.509 e. The minimum Gasteiger partial charge on any atom is -0.509 e. The predicted octanol–water partition coefficient (Wildman–Crippen LogP) is 2.76. The van der Waals surface area contributed by atoms with Crippen molar-refractivity contribution >= 4 is 35.6 Å². The second-order valence-electron chi connectivity index (χ2n) is 10.2. The number of nitrogens with one attached hydrogen (secondary N) is 2. The Kier molecular flexibility index (Phi) is 7.39. The molecule has 0 bridgehead atoms. The van der Waals surface area contributed by atoms with Crippen molar-refractivity contribution in [2.45, 2.75) is 70.2 Å². The van der Waals surface area contributed by atoms with Gasteiger partial charge in [0, 0.05) is 0 Å². The van der Waals surface area contributed by atoms with E-state index in [2.05, 4.69) is 10.6 Å². The van der Waals surface area contributed by atoms with Gasteiger partial charge < -0.3 is 25.2 Å². The number of benzene rings is 1. The molecule has 0 aromatic heterocycles. The third kappa shape index (κ3) is 6.27. The molecule has 3 amide bonds. The van der Waals surface area contributed by atoms with Crippen LogP contribution in [0.3, 0.4) is 0 Å². The van der Waals surface area contributed by atoms with Gasteiger partial charge in [0.2, 0.25) is 5.91 Å². The Labute approximate surface area is 208 Å². The van der Waals surface area contributed by atoms with Crippen molar-refractivity contribution in [1.29, 1.82) is 0 Å². The number of β-lactam (4-membered cyclic amide) rings is 1. The second kappa shape index (κ2) is 9.80. The van der Waals surface area contributed by atoms with Crippen LogP contribution in [0.25, 0.3) is 0 Å². The first-order valence-electron chi connectivity index (χ1n) is 11.1. The number of thioether (sulfide) groups is 1. The summed E-state index contributed by atoms with van der Waals surface area (Å²) in [5.74, 6) is -2.17. The lowest BCUT2D eigenvalue weighted by Gasteiger charge is -2.49. The summed E-state index contributed by atoms with van der Waals surface area (Å²) in [6.45, 7) is 10.2. The minimum absolute atomic E-state index is 0.0770. The number of esters is 1. The molecule has 35 heavy (non-hydrogen) atoms. The van der Waals surface area contributed by atoms with E-state index in [1.165, 1.54) is 11.8 Å². The number of aliphatic hydroxyl groups excluding tert-OH is 1. The van der Waals surface area contributed by atoms with Gasteiger partial charge in [-0.15, -0.1) is 11.8 Å². The zero-order valence-corrected chi connectivity index (χ0v) is 21.4. The van der Waals surface area contributed by atoms with Gasteiger partial charge in [0.05, 0.1) is 5.75 Å². The SMILES string of the molecule is CC(C)(C)OC(=O)NC(C(=O)N[C@H]1C(=O)N2C(C(=O)OC(C)(C)C)=C(O)CS[C@@H]12)c1ccccc1. The molecule has 2 aliphatic rings. The molecule has 1 aromatic carbocycles.